The summed E-state index contributed by atoms with van der Waals surface area (Å²) < 4.78 is 24.8. The van der Waals surface area contributed by atoms with E-state index in [-0.39, 0.29) is 16.8 Å². The molecule has 0 fully saturated rings. The van der Waals surface area contributed by atoms with Gasteiger partial charge in [-0.1, -0.05) is 34.5 Å². The Balaban J connectivity index is 1.60. The number of nitrogens with zero attached hydrogens (tertiary/aromatic N) is 3. The third kappa shape index (κ3) is 4.62. The van der Waals surface area contributed by atoms with Gasteiger partial charge in [-0.05, 0) is 48.5 Å². The van der Waals surface area contributed by atoms with Crippen LogP contribution in [0.4, 0.5) is 9.52 Å². The number of hydrazone groups is 1. The third-order valence-corrected chi connectivity index (χ3v) is 5.37. The number of halogens is 3. The molecular weight excluding hydrogens is 452 g/mol. The van der Waals surface area contributed by atoms with Gasteiger partial charge in [0.25, 0.3) is 5.91 Å². The Labute approximate surface area is 184 Å². The molecule has 2 aromatic carbocycles. The summed E-state index contributed by atoms with van der Waals surface area (Å²) in [6.45, 7) is -0.360. The average Bonchev–Trinajstić information content (AvgIpc) is 3.37. The number of carbonyl (C=O) groups is 1. The fourth-order valence-electron chi connectivity index (χ4n) is 2.47. The first-order valence-corrected chi connectivity index (χ1v) is 10.1. The number of ether oxygens (including phenoxy) is 1. The van der Waals surface area contributed by atoms with Crippen molar-refractivity contribution in [1.82, 2.24) is 4.98 Å². The second-order valence-electron chi connectivity index (χ2n) is 5.94. The Kier molecular flexibility index (Phi) is 5.98. The highest BCUT2D eigenvalue weighted by atomic mass is 35.5. The maximum absolute atomic E-state index is 13.5. The van der Waals surface area contributed by atoms with E-state index in [0.29, 0.717) is 26.7 Å². The lowest BCUT2D eigenvalue weighted by Gasteiger charge is -2.14. The molecule has 0 saturated carbocycles. The maximum atomic E-state index is 13.5. The average molecular weight is 464 g/mol. The van der Waals surface area contributed by atoms with Gasteiger partial charge in [-0.25, -0.2) is 9.37 Å². The van der Waals surface area contributed by atoms with Crippen molar-refractivity contribution in [1.29, 1.82) is 0 Å². The lowest BCUT2D eigenvalue weighted by atomic mass is 10.3. The molecule has 30 heavy (non-hydrogen) atoms. The van der Waals surface area contributed by atoms with Crippen LogP contribution >= 0.6 is 34.5 Å². The molecule has 0 bridgehead atoms. The number of carbonyl (C=O) groups excluding carboxylic acids is 1. The summed E-state index contributed by atoms with van der Waals surface area (Å²) in [5.41, 5.74) is 0.545. The van der Waals surface area contributed by atoms with Crippen molar-refractivity contribution < 1.29 is 18.3 Å². The molecule has 10 heteroatoms. The fourth-order valence-corrected chi connectivity index (χ4v) is 3.90. The van der Waals surface area contributed by atoms with E-state index in [1.165, 1.54) is 36.7 Å². The number of benzene rings is 2. The SMILES string of the molecule is O=C(COc1ccc(Cl)cc1Cl)N(/N=C/c1ccco1)c1nc2ccc(F)cc2s1. The largest absolute Gasteiger partial charge is 0.482 e. The summed E-state index contributed by atoms with van der Waals surface area (Å²) in [4.78, 5) is 17.3. The number of hydrogen-bond acceptors (Lipinski definition) is 6. The minimum absolute atomic E-state index is 0.259. The number of aromatic nitrogens is 1. The minimum atomic E-state index is -0.511. The van der Waals surface area contributed by atoms with Crippen molar-refractivity contribution in [2.45, 2.75) is 0 Å². The van der Waals surface area contributed by atoms with E-state index in [9.17, 15) is 9.18 Å². The Morgan fingerprint density at radius 1 is 1.27 bits per heavy atom. The summed E-state index contributed by atoms with van der Waals surface area (Å²) in [7, 11) is 0. The van der Waals surface area contributed by atoms with E-state index in [1.54, 1.807) is 24.3 Å². The molecule has 2 heterocycles. The van der Waals surface area contributed by atoms with Crippen LogP contribution in [0.1, 0.15) is 5.76 Å². The monoisotopic (exact) mass is 463 g/mol. The number of hydrogen-bond donors (Lipinski definition) is 0. The lowest BCUT2D eigenvalue weighted by Crippen LogP contribution is -2.30. The van der Waals surface area contributed by atoms with E-state index in [0.717, 1.165) is 16.3 Å². The summed E-state index contributed by atoms with van der Waals surface area (Å²) in [6.07, 6.45) is 2.86. The van der Waals surface area contributed by atoms with Gasteiger partial charge in [0.15, 0.2) is 6.61 Å². The van der Waals surface area contributed by atoms with Crippen LogP contribution in [-0.4, -0.2) is 23.7 Å². The fraction of sp³-hybridized carbons (Fsp3) is 0.0500. The molecule has 0 N–H and O–H groups in total. The van der Waals surface area contributed by atoms with Crippen LogP contribution in [0.3, 0.4) is 0 Å². The molecule has 0 aliphatic carbocycles. The predicted octanol–water partition coefficient (Wildman–Crippen LogP) is 5.78. The van der Waals surface area contributed by atoms with Gasteiger partial charge in [-0.15, -0.1) is 0 Å². The molecule has 0 aliphatic heterocycles. The zero-order valence-electron chi connectivity index (χ0n) is 15.1. The molecule has 0 spiro atoms. The van der Waals surface area contributed by atoms with E-state index >= 15 is 0 Å². The summed E-state index contributed by atoms with van der Waals surface area (Å²) in [5, 5.41) is 6.25. The Hall–Kier alpha value is -2.94. The second-order valence-corrected chi connectivity index (χ2v) is 7.79. The van der Waals surface area contributed by atoms with Crippen LogP contribution in [-0.2, 0) is 4.79 Å². The van der Waals surface area contributed by atoms with Crippen LogP contribution in [0.5, 0.6) is 5.75 Å². The number of rotatable bonds is 6. The molecule has 0 aliphatic rings. The highest BCUT2D eigenvalue weighted by Crippen LogP contribution is 2.31. The topological polar surface area (TPSA) is 67.9 Å². The minimum Gasteiger partial charge on any atom is -0.482 e. The molecule has 0 atom stereocenters. The Bertz CT molecular complexity index is 1230. The summed E-state index contributed by atoms with van der Waals surface area (Å²) >= 11 is 13.1. The molecule has 152 valence electrons. The van der Waals surface area contributed by atoms with Crippen molar-refractivity contribution in [3.63, 3.8) is 0 Å². The van der Waals surface area contributed by atoms with Gasteiger partial charge < -0.3 is 9.15 Å². The van der Waals surface area contributed by atoms with Crippen LogP contribution < -0.4 is 9.75 Å². The van der Waals surface area contributed by atoms with Gasteiger partial charge in [0, 0.05) is 5.02 Å². The quantitative estimate of drug-likeness (QED) is 0.268. The van der Waals surface area contributed by atoms with Gasteiger partial charge in [0.05, 0.1) is 27.7 Å². The van der Waals surface area contributed by atoms with E-state index in [4.69, 9.17) is 32.4 Å². The number of anilines is 1. The Morgan fingerprint density at radius 3 is 2.90 bits per heavy atom. The van der Waals surface area contributed by atoms with Crippen LogP contribution in [0.25, 0.3) is 10.2 Å². The molecular formula is C20H12Cl2FN3O3S. The van der Waals surface area contributed by atoms with E-state index < -0.39 is 11.7 Å². The molecule has 1 amide bonds. The number of fused-ring (bicyclic) bond motifs is 1. The molecule has 4 aromatic rings. The zero-order valence-corrected chi connectivity index (χ0v) is 17.4. The van der Waals surface area contributed by atoms with E-state index in [1.807, 2.05) is 0 Å². The standard InChI is InChI=1S/C20H12Cl2FN3O3S/c21-12-3-6-17(15(22)8-12)29-11-19(27)26(24-10-14-2-1-7-28-14)20-25-16-5-4-13(23)9-18(16)30-20/h1-10H,11H2/b24-10+. The van der Waals surface area contributed by atoms with Crippen LogP contribution in [0.15, 0.2) is 64.3 Å². The number of amides is 1. The van der Waals surface area contributed by atoms with Crippen molar-refractivity contribution >= 4 is 62.0 Å². The van der Waals surface area contributed by atoms with Crippen molar-refractivity contribution in [3.8, 4) is 5.75 Å². The van der Waals surface area contributed by atoms with E-state index in [2.05, 4.69) is 10.1 Å². The number of thiazole rings is 1. The number of furan rings is 1. The highest BCUT2D eigenvalue weighted by Gasteiger charge is 2.21. The summed E-state index contributed by atoms with van der Waals surface area (Å²) in [5.74, 6) is -0.156. The lowest BCUT2D eigenvalue weighted by molar-refractivity contribution is -0.120. The molecule has 0 saturated heterocycles. The third-order valence-electron chi connectivity index (χ3n) is 3.85. The first kappa shape index (κ1) is 20.3. The zero-order chi connectivity index (χ0) is 21.1. The molecule has 4 rings (SSSR count). The first-order valence-electron chi connectivity index (χ1n) is 8.54. The predicted molar refractivity (Wildman–Crippen MR) is 115 cm³/mol. The first-order chi connectivity index (χ1) is 14.5. The van der Waals surface area contributed by atoms with Gasteiger partial charge in [-0.2, -0.15) is 10.1 Å². The normalized spacial score (nSPS) is 11.3. The molecule has 6 nitrogen and oxygen atoms in total. The van der Waals surface area contributed by atoms with Crippen molar-refractivity contribution in [3.05, 3.63) is 76.4 Å². The highest BCUT2D eigenvalue weighted by molar-refractivity contribution is 7.22. The smallest absolute Gasteiger partial charge is 0.287 e. The molecule has 0 radical (unpaired) electrons. The van der Waals surface area contributed by atoms with Gasteiger partial charge in [-0.3, -0.25) is 4.79 Å². The van der Waals surface area contributed by atoms with Crippen molar-refractivity contribution in [2.24, 2.45) is 5.10 Å². The molecule has 0 unspecified atom stereocenters. The Morgan fingerprint density at radius 2 is 2.13 bits per heavy atom. The second kappa shape index (κ2) is 8.83. The van der Waals surface area contributed by atoms with Crippen LogP contribution in [0.2, 0.25) is 10.0 Å². The summed E-state index contributed by atoms with van der Waals surface area (Å²) in [6, 6.07) is 12.2. The van der Waals surface area contributed by atoms with Gasteiger partial charge in [0.1, 0.15) is 17.3 Å². The van der Waals surface area contributed by atoms with Gasteiger partial charge >= 0.3 is 0 Å². The van der Waals surface area contributed by atoms with Crippen LogP contribution in [0, 0.1) is 5.82 Å². The van der Waals surface area contributed by atoms with Gasteiger partial charge in [0.2, 0.25) is 5.13 Å². The molecule has 2 aromatic heterocycles. The maximum Gasteiger partial charge on any atom is 0.287 e. The van der Waals surface area contributed by atoms with Crippen molar-refractivity contribution in [2.75, 3.05) is 11.6 Å².